The van der Waals surface area contributed by atoms with Crippen LogP contribution in [-0.4, -0.2) is 32.3 Å². The zero-order valence-electron chi connectivity index (χ0n) is 16.3. The normalized spacial score (nSPS) is 12.6. The lowest BCUT2D eigenvalue weighted by Gasteiger charge is -2.22. The van der Waals surface area contributed by atoms with E-state index in [0.717, 1.165) is 12.4 Å². The number of hydrogen-bond donors (Lipinski definition) is 0. The average molecular weight is 361 g/mol. The molecule has 0 saturated carbocycles. The molecule has 0 N–H and O–H groups in total. The Balaban J connectivity index is 2.29. The number of benzene rings is 1. The summed E-state index contributed by atoms with van der Waals surface area (Å²) in [5.41, 5.74) is 2.46. The van der Waals surface area contributed by atoms with E-state index in [0.29, 0.717) is 6.73 Å². The molecule has 0 amide bonds. The van der Waals surface area contributed by atoms with E-state index in [1.807, 2.05) is 0 Å². The van der Waals surface area contributed by atoms with Crippen molar-refractivity contribution in [3.05, 3.63) is 36.0 Å². The molecule has 0 aliphatic heterocycles. The molecule has 0 unspecified atom stereocenters. The molecule has 0 saturated heterocycles. The summed E-state index contributed by atoms with van der Waals surface area (Å²) in [6, 6.07) is 9.67. The van der Waals surface area contributed by atoms with Gasteiger partial charge in [0.05, 0.1) is 0 Å². The van der Waals surface area contributed by atoms with Crippen LogP contribution in [0.3, 0.4) is 0 Å². The molecule has 0 atom stereocenters. The molecule has 1 aromatic carbocycles. The summed E-state index contributed by atoms with van der Waals surface area (Å²) in [7, 11) is -2.53. The fourth-order valence-electron chi connectivity index (χ4n) is 2.68. The van der Waals surface area contributed by atoms with Crippen LogP contribution in [0.1, 0.15) is 5.56 Å². The largest absolute Gasteiger partial charge is 0.361 e. The summed E-state index contributed by atoms with van der Waals surface area (Å²) in [6.45, 7) is 17.9. The molecule has 0 bridgehead atoms. The monoisotopic (exact) mass is 360 g/mol. The number of aryl methyl sites for hydroxylation is 1. The fraction of sp³-hybridized carbons (Fsp3) is 0.526. The van der Waals surface area contributed by atoms with E-state index in [1.54, 1.807) is 0 Å². The number of rotatable bonds is 7. The van der Waals surface area contributed by atoms with Gasteiger partial charge >= 0.3 is 0 Å². The van der Waals surface area contributed by atoms with Crippen molar-refractivity contribution in [3.63, 3.8) is 0 Å². The van der Waals surface area contributed by atoms with Crippen LogP contribution in [-0.2, 0) is 11.5 Å². The van der Waals surface area contributed by atoms with Gasteiger partial charge in [0.15, 0.2) is 0 Å². The van der Waals surface area contributed by atoms with E-state index in [-0.39, 0.29) is 0 Å². The summed E-state index contributed by atoms with van der Waals surface area (Å²) in [4.78, 5) is 4.77. The van der Waals surface area contributed by atoms with Crippen molar-refractivity contribution in [1.82, 2.24) is 9.55 Å². The van der Waals surface area contributed by atoms with Crippen molar-refractivity contribution >= 4 is 21.5 Å². The van der Waals surface area contributed by atoms with E-state index in [4.69, 9.17) is 9.72 Å². The Kier molecular flexibility index (Phi) is 5.88. The van der Waals surface area contributed by atoms with Crippen molar-refractivity contribution in [1.29, 1.82) is 0 Å². The lowest BCUT2D eigenvalue weighted by molar-refractivity contribution is 0.0900. The minimum atomic E-state index is -1.47. The van der Waals surface area contributed by atoms with E-state index in [9.17, 15) is 0 Å². The smallest absolute Gasteiger partial charge is 0.141 e. The SMILES string of the molecule is Cc1ccccc1-c1ncc([Si](C)(C)C)n1COCC[Si](C)(C)C. The maximum absolute atomic E-state index is 6.07. The maximum Gasteiger partial charge on any atom is 0.141 e. The first kappa shape index (κ1) is 19.2. The Hall–Kier alpha value is -1.18. The zero-order chi connectivity index (χ0) is 18.0. The minimum Gasteiger partial charge on any atom is -0.361 e. The van der Waals surface area contributed by atoms with Crippen LogP contribution in [0.5, 0.6) is 0 Å². The van der Waals surface area contributed by atoms with Crippen molar-refractivity contribution in [2.24, 2.45) is 0 Å². The van der Waals surface area contributed by atoms with Gasteiger partial charge in [-0.1, -0.05) is 63.5 Å². The van der Waals surface area contributed by atoms with Crippen molar-refractivity contribution in [3.8, 4) is 11.4 Å². The molecule has 2 aromatic rings. The Morgan fingerprint density at radius 3 is 2.29 bits per heavy atom. The third-order valence-corrected chi connectivity index (χ3v) is 7.87. The average Bonchev–Trinajstić information content (AvgIpc) is 2.87. The van der Waals surface area contributed by atoms with Crippen molar-refractivity contribution in [2.75, 3.05) is 6.61 Å². The van der Waals surface area contributed by atoms with Gasteiger partial charge in [-0.05, 0) is 18.5 Å². The van der Waals surface area contributed by atoms with Crippen LogP contribution in [0.25, 0.3) is 11.4 Å². The van der Waals surface area contributed by atoms with E-state index in [2.05, 4.69) is 81.2 Å². The molecule has 24 heavy (non-hydrogen) atoms. The zero-order valence-corrected chi connectivity index (χ0v) is 18.3. The fourth-order valence-corrected chi connectivity index (χ4v) is 4.87. The van der Waals surface area contributed by atoms with Crippen LogP contribution in [0.15, 0.2) is 30.5 Å². The van der Waals surface area contributed by atoms with Gasteiger partial charge in [-0.15, -0.1) is 0 Å². The molecule has 132 valence electrons. The predicted octanol–water partition coefficient (Wildman–Crippen LogP) is 4.72. The molecule has 2 rings (SSSR count). The van der Waals surface area contributed by atoms with E-state index >= 15 is 0 Å². The number of nitrogens with zero attached hydrogens (tertiary/aromatic N) is 2. The number of aromatic nitrogens is 2. The van der Waals surface area contributed by atoms with Gasteiger partial charge in [-0.3, -0.25) is 0 Å². The summed E-state index contributed by atoms with van der Waals surface area (Å²) < 4.78 is 8.38. The molecule has 0 radical (unpaired) electrons. The molecular formula is C19H32N2OSi2. The van der Waals surface area contributed by atoms with Gasteiger partial charge in [-0.2, -0.15) is 0 Å². The van der Waals surface area contributed by atoms with Gasteiger partial charge in [0.2, 0.25) is 0 Å². The minimum absolute atomic E-state index is 0.605. The van der Waals surface area contributed by atoms with Crippen LogP contribution < -0.4 is 5.32 Å². The maximum atomic E-state index is 6.07. The highest BCUT2D eigenvalue weighted by Crippen LogP contribution is 2.22. The first-order valence-electron chi connectivity index (χ1n) is 8.79. The second-order valence-corrected chi connectivity index (χ2v) is 19.4. The van der Waals surface area contributed by atoms with Crippen LogP contribution in [0, 0.1) is 6.92 Å². The molecular weight excluding hydrogens is 328 g/mol. The summed E-state index contributed by atoms with van der Waals surface area (Å²) >= 11 is 0. The van der Waals surface area contributed by atoms with Gasteiger partial charge in [0.25, 0.3) is 0 Å². The molecule has 0 aliphatic carbocycles. The molecule has 0 aliphatic rings. The Bertz CT molecular complexity index is 681. The topological polar surface area (TPSA) is 27.1 Å². The first-order chi connectivity index (χ1) is 11.1. The molecule has 0 spiro atoms. The predicted molar refractivity (Wildman–Crippen MR) is 109 cm³/mol. The van der Waals surface area contributed by atoms with Gasteiger partial charge in [0.1, 0.15) is 20.6 Å². The lowest BCUT2D eigenvalue weighted by atomic mass is 10.1. The van der Waals surface area contributed by atoms with E-state index < -0.39 is 16.1 Å². The highest BCUT2D eigenvalue weighted by molar-refractivity contribution is 6.88. The summed E-state index contributed by atoms with van der Waals surface area (Å²) in [6.07, 6.45) is 2.07. The Morgan fingerprint density at radius 2 is 1.71 bits per heavy atom. The highest BCUT2D eigenvalue weighted by Gasteiger charge is 2.24. The standard InChI is InChI=1S/C19H32N2OSi2/c1-16-10-8-9-11-17(16)19-20-14-18(24(5,6)7)21(19)15-22-12-13-23(2,3)4/h8-11,14H,12-13,15H2,1-7H3. The second kappa shape index (κ2) is 7.37. The van der Waals surface area contributed by atoms with Gasteiger partial charge in [-0.25, -0.2) is 4.98 Å². The lowest BCUT2D eigenvalue weighted by Crippen LogP contribution is -2.43. The van der Waals surface area contributed by atoms with Crippen molar-refractivity contribution in [2.45, 2.75) is 59.0 Å². The third kappa shape index (κ3) is 4.91. The molecule has 0 fully saturated rings. The highest BCUT2D eigenvalue weighted by atomic mass is 28.3. The number of imidazole rings is 1. The molecule has 3 nitrogen and oxygen atoms in total. The van der Waals surface area contributed by atoms with E-state index in [1.165, 1.54) is 22.5 Å². The van der Waals surface area contributed by atoms with Crippen LogP contribution >= 0.6 is 0 Å². The van der Waals surface area contributed by atoms with Gasteiger partial charge < -0.3 is 9.30 Å². The molecule has 1 heterocycles. The first-order valence-corrected chi connectivity index (χ1v) is 16.0. The third-order valence-electron chi connectivity index (χ3n) is 4.23. The van der Waals surface area contributed by atoms with Crippen molar-refractivity contribution < 1.29 is 4.74 Å². The number of hydrogen-bond acceptors (Lipinski definition) is 2. The van der Waals surface area contributed by atoms with Crippen LogP contribution in [0.2, 0.25) is 45.3 Å². The number of ether oxygens (including phenoxy) is 1. The Labute approximate surface area is 149 Å². The second-order valence-electron chi connectivity index (χ2n) is 8.81. The van der Waals surface area contributed by atoms with Crippen LogP contribution in [0.4, 0.5) is 0 Å². The quantitative estimate of drug-likeness (QED) is 0.528. The summed E-state index contributed by atoms with van der Waals surface area (Å²) in [5, 5.41) is 1.36. The Morgan fingerprint density at radius 1 is 1.04 bits per heavy atom. The molecule has 1 aromatic heterocycles. The molecule has 5 heteroatoms. The summed E-state index contributed by atoms with van der Waals surface area (Å²) in [5.74, 6) is 1.04. The van der Waals surface area contributed by atoms with Gasteiger partial charge in [0, 0.05) is 31.8 Å².